The van der Waals surface area contributed by atoms with Crippen LogP contribution in [0.3, 0.4) is 0 Å². The number of rotatable bonds is 7. The molecule has 6 heteroatoms. The van der Waals surface area contributed by atoms with Crippen LogP contribution in [-0.2, 0) is 11.3 Å². The van der Waals surface area contributed by atoms with E-state index in [-0.39, 0.29) is 5.91 Å². The molecule has 0 aliphatic rings. The van der Waals surface area contributed by atoms with Crippen LogP contribution < -0.4 is 5.32 Å². The predicted octanol–water partition coefficient (Wildman–Crippen LogP) is 5.08. The van der Waals surface area contributed by atoms with E-state index in [2.05, 4.69) is 10.3 Å². The molecule has 150 valence electrons. The Hall–Kier alpha value is -3.12. The Morgan fingerprint density at radius 3 is 2.79 bits per heavy atom. The number of ether oxygens (including phenoxy) is 1. The molecule has 0 saturated carbocycles. The van der Waals surface area contributed by atoms with E-state index in [1.165, 1.54) is 0 Å². The number of benzene rings is 2. The number of carbonyl (C=O) groups is 1. The van der Waals surface area contributed by atoms with Gasteiger partial charge in [-0.3, -0.25) is 10.1 Å². The number of nitrogens with one attached hydrogen (secondary N) is 1. The monoisotopic (exact) mass is 391 g/mol. The Kier molecular flexibility index (Phi) is 5.36. The second-order valence-corrected chi connectivity index (χ2v) is 7.09. The van der Waals surface area contributed by atoms with Gasteiger partial charge in [0.25, 0.3) is 5.91 Å². The van der Waals surface area contributed by atoms with Gasteiger partial charge in [0.05, 0.1) is 11.0 Å². The van der Waals surface area contributed by atoms with Crippen molar-refractivity contribution in [1.29, 1.82) is 0 Å². The molecule has 0 atom stereocenters. The molecule has 4 rings (SSSR count). The van der Waals surface area contributed by atoms with Crippen LogP contribution in [0, 0.1) is 13.8 Å². The summed E-state index contributed by atoms with van der Waals surface area (Å²) in [7, 11) is 0. The van der Waals surface area contributed by atoms with E-state index in [1.54, 1.807) is 0 Å². The minimum atomic E-state index is -0.292. The summed E-state index contributed by atoms with van der Waals surface area (Å²) >= 11 is 0. The molecule has 1 N–H and O–H groups in total. The molecule has 0 radical (unpaired) electrons. The van der Waals surface area contributed by atoms with E-state index < -0.39 is 0 Å². The first-order chi connectivity index (χ1) is 14.1. The summed E-state index contributed by atoms with van der Waals surface area (Å²) in [6, 6.07) is 13.8. The highest BCUT2D eigenvalue weighted by Crippen LogP contribution is 2.28. The Balaban J connectivity index is 1.66. The second kappa shape index (κ2) is 8.09. The van der Waals surface area contributed by atoms with E-state index >= 15 is 0 Å². The molecule has 2 aromatic carbocycles. The van der Waals surface area contributed by atoms with Crippen LogP contribution in [0.1, 0.15) is 35.0 Å². The Labute approximate surface area is 169 Å². The molecule has 1 amide bonds. The number of hydrogen-bond acceptors (Lipinski definition) is 4. The topological polar surface area (TPSA) is 69.3 Å². The van der Waals surface area contributed by atoms with Crippen LogP contribution >= 0.6 is 0 Å². The highest BCUT2D eigenvalue weighted by molar-refractivity contribution is 6.06. The maximum atomic E-state index is 13.0. The van der Waals surface area contributed by atoms with Crippen LogP contribution in [0.5, 0.6) is 0 Å². The van der Waals surface area contributed by atoms with Crippen LogP contribution in [0.15, 0.2) is 46.9 Å². The Morgan fingerprint density at radius 1 is 1.17 bits per heavy atom. The first-order valence-electron chi connectivity index (χ1n) is 9.93. The summed E-state index contributed by atoms with van der Waals surface area (Å²) in [6.07, 6.45) is 0.833. The lowest BCUT2D eigenvalue weighted by atomic mass is 10.1. The number of aromatic nitrogens is 2. The molecule has 29 heavy (non-hydrogen) atoms. The lowest BCUT2D eigenvalue weighted by Gasteiger charge is -2.10. The third-order valence-electron chi connectivity index (χ3n) is 5.12. The Bertz CT molecular complexity index is 1170. The highest BCUT2D eigenvalue weighted by Gasteiger charge is 2.21. The molecule has 2 heterocycles. The fourth-order valence-electron chi connectivity index (χ4n) is 3.63. The van der Waals surface area contributed by atoms with Gasteiger partial charge in [-0.2, -0.15) is 0 Å². The SMILES string of the molecule is CCOCCCn1c(NC(=O)c2oc3c(C)cccc3c2C)nc2ccccc21. The second-order valence-electron chi connectivity index (χ2n) is 7.09. The van der Waals surface area contributed by atoms with Gasteiger partial charge in [-0.1, -0.05) is 30.3 Å². The molecule has 0 bridgehead atoms. The third kappa shape index (κ3) is 3.63. The minimum Gasteiger partial charge on any atom is -0.450 e. The highest BCUT2D eigenvalue weighted by atomic mass is 16.5. The van der Waals surface area contributed by atoms with Crippen molar-refractivity contribution < 1.29 is 13.9 Å². The number of nitrogens with zero attached hydrogens (tertiary/aromatic N) is 2. The molecule has 4 aromatic rings. The largest absolute Gasteiger partial charge is 0.450 e. The third-order valence-corrected chi connectivity index (χ3v) is 5.12. The first-order valence-corrected chi connectivity index (χ1v) is 9.93. The number of imidazole rings is 1. The molecular formula is C23H25N3O3. The maximum absolute atomic E-state index is 13.0. The zero-order chi connectivity index (χ0) is 20.4. The van der Waals surface area contributed by atoms with Crippen LogP contribution in [-0.4, -0.2) is 28.7 Å². The van der Waals surface area contributed by atoms with E-state index in [9.17, 15) is 4.79 Å². The number of furan rings is 1. The molecule has 0 fully saturated rings. The van der Waals surface area contributed by atoms with Crippen molar-refractivity contribution in [3.05, 3.63) is 59.4 Å². The van der Waals surface area contributed by atoms with Gasteiger partial charge in [0.15, 0.2) is 5.76 Å². The summed E-state index contributed by atoms with van der Waals surface area (Å²) < 4.78 is 13.4. The normalized spacial score (nSPS) is 11.4. The summed E-state index contributed by atoms with van der Waals surface area (Å²) in [5.41, 5.74) is 4.42. The Morgan fingerprint density at radius 2 is 2.00 bits per heavy atom. The van der Waals surface area contributed by atoms with Gasteiger partial charge in [-0.15, -0.1) is 0 Å². The average molecular weight is 391 g/mol. The average Bonchev–Trinajstić information content (AvgIpc) is 3.24. The first kappa shape index (κ1) is 19.2. The van der Waals surface area contributed by atoms with Gasteiger partial charge in [0.2, 0.25) is 5.95 Å². The van der Waals surface area contributed by atoms with Gasteiger partial charge < -0.3 is 13.7 Å². The fraction of sp³-hybridized carbons (Fsp3) is 0.304. The number of anilines is 1. The zero-order valence-corrected chi connectivity index (χ0v) is 17.0. The van der Waals surface area contributed by atoms with Gasteiger partial charge in [0.1, 0.15) is 5.58 Å². The molecule has 0 aliphatic heterocycles. The predicted molar refractivity (Wildman–Crippen MR) is 114 cm³/mol. The quantitative estimate of drug-likeness (QED) is 0.446. The number of amides is 1. The number of para-hydroxylation sites is 3. The van der Waals surface area contributed by atoms with Crippen LogP contribution in [0.2, 0.25) is 0 Å². The van der Waals surface area contributed by atoms with E-state index in [4.69, 9.17) is 9.15 Å². The molecular weight excluding hydrogens is 366 g/mol. The molecule has 6 nitrogen and oxygen atoms in total. The van der Waals surface area contributed by atoms with Crippen molar-refractivity contribution in [2.24, 2.45) is 0 Å². The molecule has 0 unspecified atom stereocenters. The fourth-order valence-corrected chi connectivity index (χ4v) is 3.63. The maximum Gasteiger partial charge on any atom is 0.294 e. The standard InChI is InChI=1S/C23H25N3O3/c1-4-28-14-8-13-26-19-12-6-5-11-18(19)24-23(26)25-22(27)21-16(3)17-10-7-9-15(2)20(17)29-21/h5-7,9-12H,4,8,13-14H2,1-3H3,(H,24,25,27). The summed E-state index contributed by atoms with van der Waals surface area (Å²) in [6.45, 7) is 7.93. The molecule has 0 spiro atoms. The van der Waals surface area contributed by atoms with Crippen molar-refractivity contribution >= 4 is 33.9 Å². The minimum absolute atomic E-state index is 0.292. The summed E-state index contributed by atoms with van der Waals surface area (Å²) in [5.74, 6) is 0.547. The van der Waals surface area contributed by atoms with Crippen LogP contribution in [0.4, 0.5) is 5.95 Å². The van der Waals surface area contributed by atoms with Crippen LogP contribution in [0.25, 0.3) is 22.0 Å². The van der Waals surface area contributed by atoms with E-state index in [1.807, 2.05) is 67.8 Å². The molecule has 0 aliphatic carbocycles. The number of carbonyl (C=O) groups excluding carboxylic acids is 1. The van der Waals surface area contributed by atoms with Gasteiger partial charge in [0, 0.05) is 30.7 Å². The lowest BCUT2D eigenvalue weighted by molar-refractivity contribution is 0.0996. The number of aryl methyl sites for hydroxylation is 3. The van der Waals surface area contributed by atoms with Crippen molar-refractivity contribution in [2.75, 3.05) is 18.5 Å². The summed E-state index contributed by atoms with van der Waals surface area (Å²) in [5, 5.41) is 3.92. The van der Waals surface area contributed by atoms with Gasteiger partial charge >= 0.3 is 0 Å². The van der Waals surface area contributed by atoms with Crippen molar-refractivity contribution in [1.82, 2.24) is 9.55 Å². The zero-order valence-electron chi connectivity index (χ0n) is 17.0. The van der Waals surface area contributed by atoms with Crippen molar-refractivity contribution in [3.63, 3.8) is 0 Å². The van der Waals surface area contributed by atoms with E-state index in [0.717, 1.165) is 39.6 Å². The van der Waals surface area contributed by atoms with E-state index in [0.29, 0.717) is 31.5 Å². The lowest BCUT2D eigenvalue weighted by Crippen LogP contribution is -2.16. The van der Waals surface area contributed by atoms with Gasteiger partial charge in [-0.05, 0) is 44.9 Å². The molecule has 2 aromatic heterocycles. The number of fused-ring (bicyclic) bond motifs is 2. The smallest absolute Gasteiger partial charge is 0.294 e. The number of hydrogen-bond donors (Lipinski definition) is 1. The molecule has 0 saturated heterocycles. The van der Waals surface area contributed by atoms with Crippen molar-refractivity contribution in [2.45, 2.75) is 33.7 Å². The summed E-state index contributed by atoms with van der Waals surface area (Å²) in [4.78, 5) is 17.7. The van der Waals surface area contributed by atoms with Gasteiger partial charge in [-0.25, -0.2) is 4.98 Å². The van der Waals surface area contributed by atoms with Crippen molar-refractivity contribution in [3.8, 4) is 0 Å².